The normalized spacial score (nSPS) is 10.0. The highest BCUT2D eigenvalue weighted by molar-refractivity contribution is 5.81. The van der Waals surface area contributed by atoms with Gasteiger partial charge in [-0.05, 0) is 26.3 Å². The van der Waals surface area contributed by atoms with E-state index in [0.29, 0.717) is 26.2 Å². The minimum absolute atomic E-state index is 0.0297. The van der Waals surface area contributed by atoms with Gasteiger partial charge in [0.15, 0.2) is 0 Å². The molecule has 0 aliphatic rings. The molecule has 0 unspecified atom stereocenters. The van der Waals surface area contributed by atoms with Crippen molar-refractivity contribution in [1.82, 2.24) is 9.80 Å². The highest BCUT2D eigenvalue weighted by Crippen LogP contribution is 2.08. The first-order valence-corrected chi connectivity index (χ1v) is 7.35. The van der Waals surface area contributed by atoms with Gasteiger partial charge in [-0.1, -0.05) is 30.3 Å². The summed E-state index contributed by atoms with van der Waals surface area (Å²) < 4.78 is 4.96. The number of rotatable bonds is 7. The molecule has 2 amide bonds. The summed E-state index contributed by atoms with van der Waals surface area (Å²) in [6.45, 7) is 7.52. The number of hydrogen-bond acceptors (Lipinski definition) is 3. The van der Waals surface area contributed by atoms with Gasteiger partial charge >= 0.3 is 12.0 Å². The largest absolute Gasteiger partial charge is 0.465 e. The van der Waals surface area contributed by atoms with Crippen molar-refractivity contribution < 1.29 is 14.3 Å². The Labute approximate surface area is 126 Å². The predicted octanol–water partition coefficient (Wildman–Crippen LogP) is 2.51. The van der Waals surface area contributed by atoms with E-state index in [1.807, 2.05) is 44.2 Å². The molecular formula is C16H24N2O3. The van der Waals surface area contributed by atoms with Crippen LogP contribution in [0.4, 0.5) is 4.79 Å². The van der Waals surface area contributed by atoms with Gasteiger partial charge in [-0.2, -0.15) is 0 Å². The smallest absolute Gasteiger partial charge is 0.325 e. The van der Waals surface area contributed by atoms with Gasteiger partial charge in [0.05, 0.1) is 6.61 Å². The van der Waals surface area contributed by atoms with E-state index in [9.17, 15) is 9.59 Å². The number of carbonyl (C=O) groups excluding carboxylic acids is 2. The van der Waals surface area contributed by atoms with Gasteiger partial charge in [0.25, 0.3) is 0 Å². The van der Waals surface area contributed by atoms with Crippen LogP contribution in [0.15, 0.2) is 30.3 Å². The minimum Gasteiger partial charge on any atom is -0.465 e. The summed E-state index contributed by atoms with van der Waals surface area (Å²) in [4.78, 5) is 27.4. The summed E-state index contributed by atoms with van der Waals surface area (Å²) in [5.74, 6) is -0.381. The van der Waals surface area contributed by atoms with Crippen LogP contribution in [0.2, 0.25) is 0 Å². The quantitative estimate of drug-likeness (QED) is 0.726. The third-order valence-corrected chi connectivity index (χ3v) is 3.15. The summed E-state index contributed by atoms with van der Waals surface area (Å²) >= 11 is 0. The zero-order valence-electron chi connectivity index (χ0n) is 13.0. The van der Waals surface area contributed by atoms with Gasteiger partial charge in [-0.3, -0.25) is 4.79 Å². The molecule has 0 aliphatic heterocycles. The van der Waals surface area contributed by atoms with Gasteiger partial charge < -0.3 is 14.5 Å². The van der Waals surface area contributed by atoms with Crippen molar-refractivity contribution in [3.8, 4) is 0 Å². The number of benzene rings is 1. The van der Waals surface area contributed by atoms with E-state index in [0.717, 1.165) is 5.56 Å². The Hall–Kier alpha value is -2.04. The maximum absolute atomic E-state index is 12.5. The van der Waals surface area contributed by atoms with E-state index in [1.54, 1.807) is 11.8 Å². The van der Waals surface area contributed by atoms with Gasteiger partial charge in [0.1, 0.15) is 6.54 Å². The summed E-state index contributed by atoms with van der Waals surface area (Å²) in [7, 11) is 0. The summed E-state index contributed by atoms with van der Waals surface area (Å²) in [6.07, 6.45) is 0. The topological polar surface area (TPSA) is 49.9 Å². The molecule has 1 rings (SSSR count). The molecule has 1 aromatic rings. The molecule has 0 heterocycles. The van der Waals surface area contributed by atoms with E-state index in [2.05, 4.69) is 0 Å². The van der Waals surface area contributed by atoms with Crippen LogP contribution in [-0.4, -0.2) is 48.0 Å². The molecule has 0 spiro atoms. The van der Waals surface area contributed by atoms with Crippen molar-refractivity contribution in [2.75, 3.05) is 26.2 Å². The number of hydrogen-bond donors (Lipinski definition) is 0. The van der Waals surface area contributed by atoms with Gasteiger partial charge in [-0.15, -0.1) is 0 Å². The van der Waals surface area contributed by atoms with Crippen LogP contribution in [0.25, 0.3) is 0 Å². The third-order valence-electron chi connectivity index (χ3n) is 3.15. The zero-order chi connectivity index (χ0) is 15.7. The number of nitrogens with zero attached hydrogens (tertiary/aromatic N) is 2. The number of amides is 2. The second kappa shape index (κ2) is 9.00. The second-order valence-corrected chi connectivity index (χ2v) is 4.60. The van der Waals surface area contributed by atoms with E-state index >= 15 is 0 Å². The standard InChI is InChI=1S/C16H24N2O3/c1-4-17(5-2)16(20)18(13-15(19)21-6-3)12-14-10-8-7-9-11-14/h7-11H,4-6,12-13H2,1-3H3. The molecule has 0 fully saturated rings. The minimum atomic E-state index is -0.381. The van der Waals surface area contributed by atoms with Crippen molar-refractivity contribution in [2.45, 2.75) is 27.3 Å². The maximum atomic E-state index is 12.5. The van der Waals surface area contributed by atoms with Crippen LogP contribution in [0.5, 0.6) is 0 Å². The van der Waals surface area contributed by atoms with Crippen molar-refractivity contribution >= 4 is 12.0 Å². The van der Waals surface area contributed by atoms with Gasteiger partial charge in [0, 0.05) is 19.6 Å². The van der Waals surface area contributed by atoms with Crippen molar-refractivity contribution in [3.63, 3.8) is 0 Å². The Morgan fingerprint density at radius 1 is 1.00 bits per heavy atom. The molecule has 0 bridgehead atoms. The number of carbonyl (C=O) groups is 2. The van der Waals surface area contributed by atoms with E-state index < -0.39 is 0 Å². The fraction of sp³-hybridized carbons (Fsp3) is 0.500. The molecule has 5 nitrogen and oxygen atoms in total. The van der Waals surface area contributed by atoms with Crippen molar-refractivity contribution in [2.24, 2.45) is 0 Å². The molecule has 5 heteroatoms. The Bertz CT molecular complexity index is 444. The summed E-state index contributed by atoms with van der Waals surface area (Å²) in [5.41, 5.74) is 0.988. The Kier molecular flexibility index (Phi) is 7.29. The molecule has 0 saturated carbocycles. The van der Waals surface area contributed by atoms with Gasteiger partial charge in [-0.25, -0.2) is 4.79 Å². The Balaban J connectivity index is 2.83. The molecule has 116 valence electrons. The Morgan fingerprint density at radius 2 is 1.62 bits per heavy atom. The molecule has 0 saturated heterocycles. The van der Waals surface area contributed by atoms with Gasteiger partial charge in [0.2, 0.25) is 0 Å². The fourth-order valence-corrected chi connectivity index (χ4v) is 2.05. The molecule has 0 radical (unpaired) electrons. The molecular weight excluding hydrogens is 268 g/mol. The zero-order valence-corrected chi connectivity index (χ0v) is 13.0. The molecule has 0 atom stereocenters. The molecule has 1 aromatic carbocycles. The average molecular weight is 292 g/mol. The maximum Gasteiger partial charge on any atom is 0.325 e. The fourth-order valence-electron chi connectivity index (χ4n) is 2.05. The number of ether oxygens (including phenoxy) is 1. The third kappa shape index (κ3) is 5.45. The van der Waals surface area contributed by atoms with Crippen LogP contribution in [0, 0.1) is 0 Å². The lowest BCUT2D eigenvalue weighted by atomic mass is 10.2. The molecule has 0 N–H and O–H groups in total. The lowest BCUT2D eigenvalue weighted by Gasteiger charge is -2.28. The van der Waals surface area contributed by atoms with Crippen LogP contribution < -0.4 is 0 Å². The number of urea groups is 1. The molecule has 0 aliphatic carbocycles. The first kappa shape index (κ1) is 17.0. The van der Waals surface area contributed by atoms with E-state index in [4.69, 9.17) is 4.74 Å². The average Bonchev–Trinajstić information content (AvgIpc) is 2.49. The monoisotopic (exact) mass is 292 g/mol. The molecule has 21 heavy (non-hydrogen) atoms. The first-order chi connectivity index (χ1) is 10.1. The lowest BCUT2D eigenvalue weighted by molar-refractivity contribution is -0.144. The highest BCUT2D eigenvalue weighted by atomic mass is 16.5. The first-order valence-electron chi connectivity index (χ1n) is 7.35. The predicted molar refractivity (Wildman–Crippen MR) is 81.8 cm³/mol. The summed E-state index contributed by atoms with van der Waals surface area (Å²) in [6, 6.07) is 9.49. The van der Waals surface area contributed by atoms with Crippen LogP contribution in [0.3, 0.4) is 0 Å². The lowest BCUT2D eigenvalue weighted by Crippen LogP contribution is -2.45. The van der Waals surface area contributed by atoms with Crippen LogP contribution in [0.1, 0.15) is 26.3 Å². The Morgan fingerprint density at radius 3 is 2.14 bits per heavy atom. The van der Waals surface area contributed by atoms with Crippen LogP contribution >= 0.6 is 0 Å². The summed E-state index contributed by atoms with van der Waals surface area (Å²) in [5, 5.41) is 0. The highest BCUT2D eigenvalue weighted by Gasteiger charge is 2.22. The van der Waals surface area contributed by atoms with Crippen molar-refractivity contribution in [3.05, 3.63) is 35.9 Å². The van der Waals surface area contributed by atoms with E-state index in [-0.39, 0.29) is 18.5 Å². The SMILES string of the molecule is CCOC(=O)CN(Cc1ccccc1)C(=O)N(CC)CC. The van der Waals surface area contributed by atoms with Crippen molar-refractivity contribution in [1.29, 1.82) is 0 Å². The van der Waals surface area contributed by atoms with E-state index in [1.165, 1.54) is 4.90 Å². The number of esters is 1. The van der Waals surface area contributed by atoms with Crippen LogP contribution in [-0.2, 0) is 16.1 Å². The second-order valence-electron chi connectivity index (χ2n) is 4.60. The molecule has 0 aromatic heterocycles.